The van der Waals surface area contributed by atoms with Crippen molar-refractivity contribution in [2.45, 2.75) is 18.9 Å². The maximum Gasteiger partial charge on any atom is 0.227 e. The predicted molar refractivity (Wildman–Crippen MR) is 88.2 cm³/mol. The van der Waals surface area contributed by atoms with E-state index in [2.05, 4.69) is 5.32 Å². The first-order chi connectivity index (χ1) is 10.7. The average Bonchev–Trinajstić information content (AvgIpc) is 2.60. The van der Waals surface area contributed by atoms with Crippen LogP contribution in [0, 0.1) is 5.41 Å². The number of fused-ring (bicyclic) bond motifs is 1. The molecule has 2 aliphatic rings. The summed E-state index contributed by atoms with van der Waals surface area (Å²) in [6.45, 7) is 2.35. The van der Waals surface area contributed by atoms with Gasteiger partial charge in [-0.3, -0.25) is 4.79 Å². The third-order valence-corrected chi connectivity index (χ3v) is 4.38. The van der Waals surface area contributed by atoms with Gasteiger partial charge in [-0.25, -0.2) is 0 Å². The van der Waals surface area contributed by atoms with Gasteiger partial charge in [-0.2, -0.15) is 0 Å². The molecule has 0 saturated carbocycles. The fraction of sp³-hybridized carbons (Fsp3) is 0.562. The van der Waals surface area contributed by atoms with Gasteiger partial charge < -0.3 is 25.3 Å². The van der Waals surface area contributed by atoms with Crippen LogP contribution in [0.4, 0.5) is 0 Å². The molecule has 1 aromatic rings. The van der Waals surface area contributed by atoms with Crippen LogP contribution in [0.2, 0.25) is 0 Å². The molecule has 3 N–H and O–H groups in total. The largest absolute Gasteiger partial charge is 0.486 e. The Hall–Kier alpha value is -1.50. The summed E-state index contributed by atoms with van der Waals surface area (Å²) < 4.78 is 16.8. The highest BCUT2D eigenvalue weighted by Crippen LogP contribution is 2.31. The summed E-state index contributed by atoms with van der Waals surface area (Å²) in [7, 11) is 0. The molecule has 128 valence electrons. The molecule has 0 radical (unpaired) electrons. The average molecular weight is 343 g/mol. The monoisotopic (exact) mass is 342 g/mol. The van der Waals surface area contributed by atoms with Crippen molar-refractivity contribution >= 4 is 18.3 Å². The summed E-state index contributed by atoms with van der Waals surface area (Å²) in [6.07, 6.45) is 1.15. The van der Waals surface area contributed by atoms with Gasteiger partial charge in [-0.1, -0.05) is 12.1 Å². The zero-order valence-corrected chi connectivity index (χ0v) is 13.8. The molecule has 0 aromatic heterocycles. The van der Waals surface area contributed by atoms with Crippen LogP contribution in [-0.2, 0) is 9.53 Å². The lowest BCUT2D eigenvalue weighted by Crippen LogP contribution is -2.51. The molecule has 0 aliphatic carbocycles. The van der Waals surface area contributed by atoms with Crippen LogP contribution in [0.25, 0.3) is 0 Å². The predicted octanol–water partition coefficient (Wildman–Crippen LogP) is 1.12. The van der Waals surface area contributed by atoms with Crippen LogP contribution >= 0.6 is 12.4 Å². The SMILES string of the molecule is Cl.NCC1(C(=O)NCC2COc3ccccc3O2)CCOCC1. The minimum Gasteiger partial charge on any atom is -0.486 e. The lowest BCUT2D eigenvalue weighted by atomic mass is 9.79. The molecule has 7 heteroatoms. The topological polar surface area (TPSA) is 82.8 Å². The second-order valence-corrected chi connectivity index (χ2v) is 5.80. The summed E-state index contributed by atoms with van der Waals surface area (Å²) in [5, 5.41) is 2.97. The van der Waals surface area contributed by atoms with E-state index in [9.17, 15) is 4.79 Å². The lowest BCUT2D eigenvalue weighted by Gasteiger charge is -2.35. The Morgan fingerprint density at radius 1 is 1.26 bits per heavy atom. The Kier molecular flexibility index (Phi) is 6.10. The number of ether oxygens (including phenoxy) is 3. The molecular formula is C16H23ClN2O4. The molecule has 0 spiro atoms. The van der Waals surface area contributed by atoms with E-state index in [-0.39, 0.29) is 24.4 Å². The van der Waals surface area contributed by atoms with Crippen LogP contribution in [0.5, 0.6) is 11.5 Å². The van der Waals surface area contributed by atoms with E-state index in [1.54, 1.807) is 0 Å². The zero-order chi connectivity index (χ0) is 15.4. The van der Waals surface area contributed by atoms with E-state index in [1.165, 1.54) is 0 Å². The molecule has 1 amide bonds. The summed E-state index contributed by atoms with van der Waals surface area (Å²) >= 11 is 0. The first-order valence-corrected chi connectivity index (χ1v) is 7.68. The lowest BCUT2D eigenvalue weighted by molar-refractivity contribution is -0.136. The van der Waals surface area contributed by atoms with Gasteiger partial charge in [0.2, 0.25) is 5.91 Å². The smallest absolute Gasteiger partial charge is 0.227 e. The van der Waals surface area contributed by atoms with Crippen molar-refractivity contribution in [3.63, 3.8) is 0 Å². The van der Waals surface area contributed by atoms with Gasteiger partial charge in [0.15, 0.2) is 11.5 Å². The molecule has 1 unspecified atom stereocenters. The molecular weight excluding hydrogens is 320 g/mol. The van der Waals surface area contributed by atoms with Crippen molar-refractivity contribution in [2.75, 3.05) is 32.9 Å². The molecule has 2 aliphatic heterocycles. The quantitative estimate of drug-likeness (QED) is 0.856. The van der Waals surface area contributed by atoms with Crippen LogP contribution in [0.3, 0.4) is 0 Å². The second-order valence-electron chi connectivity index (χ2n) is 5.80. The minimum absolute atomic E-state index is 0. The number of benzene rings is 1. The molecule has 1 atom stereocenters. The molecule has 1 aromatic carbocycles. The van der Waals surface area contributed by atoms with E-state index in [0.29, 0.717) is 51.5 Å². The first-order valence-electron chi connectivity index (χ1n) is 7.68. The van der Waals surface area contributed by atoms with Crippen molar-refractivity contribution < 1.29 is 19.0 Å². The fourth-order valence-electron chi connectivity index (χ4n) is 2.84. The van der Waals surface area contributed by atoms with Gasteiger partial charge in [0.05, 0.1) is 12.0 Å². The minimum atomic E-state index is -0.508. The number of rotatable bonds is 4. The Labute approximate surface area is 142 Å². The highest BCUT2D eigenvalue weighted by atomic mass is 35.5. The third-order valence-electron chi connectivity index (χ3n) is 4.38. The summed E-state index contributed by atoms with van der Waals surface area (Å²) in [5.41, 5.74) is 5.33. The van der Waals surface area contributed by atoms with Gasteiger partial charge in [0.25, 0.3) is 0 Å². The number of hydrogen-bond donors (Lipinski definition) is 2. The Morgan fingerprint density at radius 3 is 2.65 bits per heavy atom. The van der Waals surface area contributed by atoms with Crippen molar-refractivity contribution in [2.24, 2.45) is 11.1 Å². The summed E-state index contributed by atoms with van der Waals surface area (Å²) in [6, 6.07) is 7.54. The maximum absolute atomic E-state index is 12.5. The number of carbonyl (C=O) groups excluding carboxylic acids is 1. The third kappa shape index (κ3) is 3.88. The van der Waals surface area contributed by atoms with Crippen molar-refractivity contribution in [3.05, 3.63) is 24.3 Å². The fourth-order valence-corrected chi connectivity index (χ4v) is 2.84. The van der Waals surface area contributed by atoms with E-state index in [0.717, 1.165) is 5.75 Å². The van der Waals surface area contributed by atoms with Crippen molar-refractivity contribution in [1.82, 2.24) is 5.32 Å². The molecule has 23 heavy (non-hydrogen) atoms. The number of nitrogens with one attached hydrogen (secondary N) is 1. The van der Waals surface area contributed by atoms with Crippen molar-refractivity contribution in [1.29, 1.82) is 0 Å². The van der Waals surface area contributed by atoms with E-state index < -0.39 is 5.41 Å². The van der Waals surface area contributed by atoms with E-state index in [1.807, 2.05) is 24.3 Å². The Balaban J connectivity index is 0.00000192. The number of hydrogen-bond acceptors (Lipinski definition) is 5. The highest BCUT2D eigenvalue weighted by Gasteiger charge is 2.39. The maximum atomic E-state index is 12.5. The normalized spacial score (nSPS) is 21.9. The highest BCUT2D eigenvalue weighted by molar-refractivity contribution is 5.85. The molecule has 0 bridgehead atoms. The Morgan fingerprint density at radius 2 is 1.96 bits per heavy atom. The number of carbonyl (C=O) groups is 1. The standard InChI is InChI=1S/C16H22N2O4.ClH/c17-11-16(5-7-20-8-6-16)15(19)18-9-12-10-21-13-3-1-2-4-14(13)22-12;/h1-4,12H,5-11,17H2,(H,18,19);1H. The van der Waals surface area contributed by atoms with E-state index in [4.69, 9.17) is 19.9 Å². The summed E-state index contributed by atoms with van der Waals surface area (Å²) in [5.74, 6) is 1.45. The van der Waals surface area contributed by atoms with E-state index >= 15 is 0 Å². The molecule has 2 heterocycles. The van der Waals surface area contributed by atoms with Crippen LogP contribution in [-0.4, -0.2) is 44.9 Å². The van der Waals surface area contributed by atoms with Crippen LogP contribution < -0.4 is 20.5 Å². The second kappa shape index (κ2) is 7.86. The number of halogens is 1. The van der Waals surface area contributed by atoms with Gasteiger partial charge in [-0.15, -0.1) is 12.4 Å². The zero-order valence-electron chi connectivity index (χ0n) is 13.0. The number of amides is 1. The van der Waals surface area contributed by atoms with Crippen LogP contribution in [0.1, 0.15) is 12.8 Å². The molecule has 3 rings (SSSR count). The molecule has 1 saturated heterocycles. The first kappa shape index (κ1) is 17.8. The molecule has 6 nitrogen and oxygen atoms in total. The summed E-state index contributed by atoms with van der Waals surface area (Å²) in [4.78, 5) is 12.5. The van der Waals surface area contributed by atoms with Crippen molar-refractivity contribution in [3.8, 4) is 11.5 Å². The van der Waals surface area contributed by atoms with Gasteiger partial charge >= 0.3 is 0 Å². The molecule has 1 fully saturated rings. The number of nitrogens with two attached hydrogens (primary N) is 1. The van der Waals surface area contributed by atoms with Gasteiger partial charge in [0, 0.05) is 19.8 Å². The van der Waals surface area contributed by atoms with Gasteiger partial charge in [0.1, 0.15) is 12.7 Å². The Bertz CT molecular complexity index is 535. The number of para-hydroxylation sites is 2. The van der Waals surface area contributed by atoms with Gasteiger partial charge in [-0.05, 0) is 25.0 Å². The van der Waals surface area contributed by atoms with Crippen LogP contribution in [0.15, 0.2) is 24.3 Å².